The van der Waals surface area contributed by atoms with Gasteiger partial charge in [-0.05, 0) is 35.7 Å². The molecule has 156 valence electrons. The monoisotopic (exact) mass is 433 g/mol. The Labute approximate surface area is 179 Å². The van der Waals surface area contributed by atoms with Gasteiger partial charge in [0.15, 0.2) is 0 Å². The molecule has 0 spiro atoms. The summed E-state index contributed by atoms with van der Waals surface area (Å²) in [6.45, 7) is 5.19. The number of hydrogen-bond donors (Lipinski definition) is 0. The van der Waals surface area contributed by atoms with Crippen LogP contribution in [0, 0.1) is 0 Å². The zero-order valence-electron chi connectivity index (χ0n) is 16.5. The summed E-state index contributed by atoms with van der Waals surface area (Å²) in [4.78, 5) is 33.5. The molecule has 0 bridgehead atoms. The van der Waals surface area contributed by atoms with Crippen molar-refractivity contribution >= 4 is 34.5 Å². The van der Waals surface area contributed by atoms with Crippen LogP contribution in [0.15, 0.2) is 35.0 Å². The lowest BCUT2D eigenvalue weighted by Crippen LogP contribution is -2.52. The van der Waals surface area contributed by atoms with Crippen LogP contribution in [0.25, 0.3) is 0 Å². The van der Waals surface area contributed by atoms with Gasteiger partial charge in [0.25, 0.3) is 5.91 Å². The predicted octanol–water partition coefficient (Wildman–Crippen LogP) is 2.78. The topological polar surface area (TPSA) is 53.1 Å². The van der Waals surface area contributed by atoms with E-state index in [2.05, 4.69) is 22.4 Å². The summed E-state index contributed by atoms with van der Waals surface area (Å²) in [7, 11) is 0. The quantitative estimate of drug-likeness (QED) is 0.674. The van der Waals surface area contributed by atoms with E-state index in [1.807, 2.05) is 27.3 Å². The molecule has 6 nitrogen and oxygen atoms in total. The number of hydrogen-bond acceptors (Lipinski definition) is 6. The Morgan fingerprint density at radius 3 is 2.48 bits per heavy atom. The molecule has 0 aromatic carbocycles. The number of thiophene rings is 2. The standard InChI is InChI=1S/C21H27N3O3S2/c25-20(23-7-9-24(10-8-23)21(26)19-6-3-13-29-19)16-22(14-17-4-1-11-27-17)15-18-5-2-12-28-18/h2-3,5-6,12-13,17H,1,4,7-11,14-16H2/t17-/m1/s1. The molecule has 8 heteroatoms. The normalized spacial score (nSPS) is 19.8. The molecule has 0 unspecified atom stereocenters. The summed E-state index contributed by atoms with van der Waals surface area (Å²) in [6, 6.07) is 7.93. The van der Waals surface area contributed by atoms with Crippen molar-refractivity contribution < 1.29 is 14.3 Å². The maximum absolute atomic E-state index is 13.0. The van der Waals surface area contributed by atoms with Crippen molar-refractivity contribution in [1.82, 2.24) is 14.7 Å². The minimum absolute atomic E-state index is 0.0739. The Morgan fingerprint density at radius 2 is 1.83 bits per heavy atom. The number of nitrogens with zero attached hydrogens (tertiary/aromatic N) is 3. The highest BCUT2D eigenvalue weighted by molar-refractivity contribution is 7.12. The molecular formula is C21H27N3O3S2. The van der Waals surface area contributed by atoms with E-state index in [1.165, 1.54) is 16.2 Å². The molecular weight excluding hydrogens is 406 g/mol. The molecule has 2 aliphatic rings. The number of rotatable bonds is 7. The number of carbonyl (C=O) groups is 2. The van der Waals surface area contributed by atoms with Gasteiger partial charge in [0.1, 0.15) is 0 Å². The van der Waals surface area contributed by atoms with Gasteiger partial charge in [-0.15, -0.1) is 22.7 Å². The van der Waals surface area contributed by atoms with E-state index < -0.39 is 0 Å². The smallest absolute Gasteiger partial charge is 0.264 e. The summed E-state index contributed by atoms with van der Waals surface area (Å²) in [5.41, 5.74) is 0. The molecule has 1 atom stereocenters. The third kappa shape index (κ3) is 5.45. The van der Waals surface area contributed by atoms with E-state index in [0.717, 1.165) is 37.4 Å². The summed E-state index contributed by atoms with van der Waals surface area (Å²) in [5.74, 6) is 0.215. The SMILES string of the molecule is O=C(CN(Cc1cccs1)C[C@H]1CCCO1)N1CCN(C(=O)c2cccs2)CC1. The van der Waals surface area contributed by atoms with Crippen molar-refractivity contribution in [3.05, 3.63) is 44.8 Å². The van der Waals surface area contributed by atoms with Crippen LogP contribution in [0.1, 0.15) is 27.4 Å². The fourth-order valence-corrected chi connectivity index (χ4v) is 5.33. The molecule has 2 aromatic heterocycles. The van der Waals surface area contributed by atoms with E-state index in [9.17, 15) is 9.59 Å². The Kier molecular flexibility index (Phi) is 6.97. The minimum Gasteiger partial charge on any atom is -0.377 e. The van der Waals surface area contributed by atoms with Crippen LogP contribution in [0.4, 0.5) is 0 Å². The highest BCUT2D eigenvalue weighted by Crippen LogP contribution is 2.18. The molecule has 0 N–H and O–H groups in total. The van der Waals surface area contributed by atoms with E-state index >= 15 is 0 Å². The first kappa shape index (κ1) is 20.5. The van der Waals surface area contributed by atoms with Crippen molar-refractivity contribution in [2.75, 3.05) is 45.9 Å². The molecule has 2 aliphatic heterocycles. The molecule has 0 radical (unpaired) electrons. The first-order chi connectivity index (χ1) is 14.2. The maximum Gasteiger partial charge on any atom is 0.264 e. The summed E-state index contributed by atoms with van der Waals surface area (Å²) in [5, 5.41) is 3.99. The van der Waals surface area contributed by atoms with E-state index in [1.54, 1.807) is 11.3 Å². The highest BCUT2D eigenvalue weighted by Gasteiger charge is 2.27. The second kappa shape index (κ2) is 9.84. The molecule has 0 saturated carbocycles. The lowest BCUT2D eigenvalue weighted by Gasteiger charge is -2.36. The van der Waals surface area contributed by atoms with Gasteiger partial charge in [0.2, 0.25) is 5.91 Å². The average molecular weight is 434 g/mol. The second-order valence-corrected chi connectivity index (χ2v) is 9.51. The Balaban J connectivity index is 1.30. The highest BCUT2D eigenvalue weighted by atomic mass is 32.1. The van der Waals surface area contributed by atoms with Crippen molar-refractivity contribution in [1.29, 1.82) is 0 Å². The molecule has 2 amide bonds. The van der Waals surface area contributed by atoms with Crippen molar-refractivity contribution in [3.63, 3.8) is 0 Å². The second-order valence-electron chi connectivity index (χ2n) is 7.53. The van der Waals surface area contributed by atoms with Gasteiger partial charge in [0, 0.05) is 50.8 Å². The summed E-state index contributed by atoms with van der Waals surface area (Å²) < 4.78 is 5.80. The van der Waals surface area contributed by atoms with Crippen molar-refractivity contribution in [3.8, 4) is 0 Å². The zero-order chi connectivity index (χ0) is 20.1. The molecule has 2 saturated heterocycles. The summed E-state index contributed by atoms with van der Waals surface area (Å²) in [6.07, 6.45) is 2.40. The zero-order valence-corrected chi connectivity index (χ0v) is 18.1. The molecule has 4 heterocycles. The van der Waals surface area contributed by atoms with Gasteiger partial charge in [0.05, 0.1) is 17.5 Å². The molecule has 29 heavy (non-hydrogen) atoms. The lowest BCUT2D eigenvalue weighted by molar-refractivity contribution is -0.134. The van der Waals surface area contributed by atoms with Crippen molar-refractivity contribution in [2.24, 2.45) is 0 Å². The van der Waals surface area contributed by atoms with Crippen LogP contribution in [-0.2, 0) is 16.1 Å². The number of ether oxygens (including phenoxy) is 1. The average Bonchev–Trinajstić information content (AvgIpc) is 3.51. The minimum atomic E-state index is 0.0739. The van der Waals surface area contributed by atoms with E-state index in [-0.39, 0.29) is 17.9 Å². The van der Waals surface area contributed by atoms with Crippen LogP contribution >= 0.6 is 22.7 Å². The third-order valence-corrected chi connectivity index (χ3v) is 7.17. The molecule has 4 rings (SSSR count). The van der Waals surface area contributed by atoms with E-state index in [4.69, 9.17) is 4.74 Å². The lowest BCUT2D eigenvalue weighted by atomic mass is 10.2. The van der Waals surface area contributed by atoms with Gasteiger partial charge in [-0.25, -0.2) is 0 Å². The van der Waals surface area contributed by atoms with Gasteiger partial charge < -0.3 is 14.5 Å². The molecule has 0 aliphatic carbocycles. The van der Waals surface area contributed by atoms with Gasteiger partial charge in [-0.3, -0.25) is 14.5 Å². The predicted molar refractivity (Wildman–Crippen MR) is 115 cm³/mol. The fraction of sp³-hybridized carbons (Fsp3) is 0.524. The Bertz CT molecular complexity index is 780. The van der Waals surface area contributed by atoms with Gasteiger partial charge >= 0.3 is 0 Å². The molecule has 2 aromatic rings. The van der Waals surface area contributed by atoms with Crippen LogP contribution in [0.5, 0.6) is 0 Å². The van der Waals surface area contributed by atoms with Crippen LogP contribution < -0.4 is 0 Å². The largest absolute Gasteiger partial charge is 0.377 e. The first-order valence-corrected chi connectivity index (χ1v) is 11.9. The number of amides is 2. The first-order valence-electron chi connectivity index (χ1n) is 10.2. The Hall–Kier alpha value is -1.74. The van der Waals surface area contributed by atoms with Gasteiger partial charge in [-0.2, -0.15) is 0 Å². The third-order valence-electron chi connectivity index (χ3n) is 5.46. The van der Waals surface area contributed by atoms with Crippen LogP contribution in [0.2, 0.25) is 0 Å². The Morgan fingerprint density at radius 1 is 1.07 bits per heavy atom. The number of carbonyl (C=O) groups excluding carboxylic acids is 2. The summed E-state index contributed by atoms with van der Waals surface area (Å²) >= 11 is 3.19. The van der Waals surface area contributed by atoms with Crippen LogP contribution in [-0.4, -0.2) is 78.5 Å². The van der Waals surface area contributed by atoms with Crippen molar-refractivity contribution in [2.45, 2.75) is 25.5 Å². The van der Waals surface area contributed by atoms with Crippen LogP contribution in [0.3, 0.4) is 0 Å². The molecule has 2 fully saturated rings. The van der Waals surface area contributed by atoms with Gasteiger partial charge in [-0.1, -0.05) is 12.1 Å². The van der Waals surface area contributed by atoms with E-state index in [0.29, 0.717) is 32.7 Å². The number of piperazine rings is 1. The fourth-order valence-electron chi connectivity index (χ4n) is 3.89. The maximum atomic E-state index is 13.0.